The summed E-state index contributed by atoms with van der Waals surface area (Å²) < 4.78 is 10.0. The topological polar surface area (TPSA) is 67.9 Å². The first-order valence-corrected chi connectivity index (χ1v) is 6.87. The summed E-state index contributed by atoms with van der Waals surface area (Å²) in [6.45, 7) is 3.36. The molecule has 0 spiro atoms. The number of nitrogens with zero attached hydrogens (tertiary/aromatic N) is 1. The first kappa shape index (κ1) is 15.5. The minimum absolute atomic E-state index is 0.136. The van der Waals surface area contributed by atoms with Gasteiger partial charge in [0.2, 0.25) is 5.91 Å². The molecular formula is C15H20N2O4. The van der Waals surface area contributed by atoms with E-state index in [1.807, 2.05) is 31.2 Å². The summed E-state index contributed by atoms with van der Waals surface area (Å²) in [7, 11) is 1.34. The summed E-state index contributed by atoms with van der Waals surface area (Å²) in [4.78, 5) is 25.6. The van der Waals surface area contributed by atoms with Gasteiger partial charge >= 0.3 is 5.97 Å². The molecule has 1 aromatic carbocycles. The smallest absolute Gasteiger partial charge is 0.325 e. The van der Waals surface area contributed by atoms with Crippen molar-refractivity contribution in [2.75, 3.05) is 38.7 Å². The van der Waals surface area contributed by atoms with Crippen molar-refractivity contribution in [3.05, 3.63) is 29.8 Å². The number of nitrogens with one attached hydrogen (secondary N) is 1. The van der Waals surface area contributed by atoms with Crippen molar-refractivity contribution >= 4 is 17.6 Å². The molecule has 1 aliphatic rings. The molecule has 0 aromatic heterocycles. The molecule has 1 aromatic rings. The second-order valence-electron chi connectivity index (χ2n) is 4.95. The van der Waals surface area contributed by atoms with E-state index in [2.05, 4.69) is 5.32 Å². The van der Waals surface area contributed by atoms with E-state index in [9.17, 15) is 9.59 Å². The van der Waals surface area contributed by atoms with Gasteiger partial charge in [-0.05, 0) is 18.6 Å². The Labute approximate surface area is 124 Å². The lowest BCUT2D eigenvalue weighted by molar-refractivity contribution is -0.153. The van der Waals surface area contributed by atoms with Crippen molar-refractivity contribution in [1.82, 2.24) is 4.90 Å². The van der Waals surface area contributed by atoms with Crippen molar-refractivity contribution < 1.29 is 19.1 Å². The number of aryl methyl sites for hydroxylation is 1. The molecule has 2 rings (SSSR count). The van der Waals surface area contributed by atoms with E-state index in [0.717, 1.165) is 11.3 Å². The second-order valence-corrected chi connectivity index (χ2v) is 4.95. The molecular weight excluding hydrogens is 272 g/mol. The number of benzene rings is 1. The first-order valence-electron chi connectivity index (χ1n) is 6.87. The first-order chi connectivity index (χ1) is 10.1. The molecule has 6 nitrogen and oxygen atoms in total. The number of amides is 1. The van der Waals surface area contributed by atoms with Crippen LogP contribution in [0, 0.1) is 6.92 Å². The summed E-state index contributed by atoms with van der Waals surface area (Å²) in [5.74, 6) is -0.529. The minimum Gasteiger partial charge on any atom is -0.468 e. The number of ether oxygens (including phenoxy) is 2. The molecule has 1 fully saturated rings. The van der Waals surface area contributed by atoms with Crippen LogP contribution in [0.1, 0.15) is 5.56 Å². The number of morpholine rings is 1. The second kappa shape index (κ2) is 7.19. The molecule has 114 valence electrons. The maximum Gasteiger partial charge on any atom is 0.325 e. The molecule has 0 aliphatic carbocycles. The van der Waals surface area contributed by atoms with Crippen LogP contribution in [0.25, 0.3) is 0 Å². The van der Waals surface area contributed by atoms with Gasteiger partial charge in [0.25, 0.3) is 0 Å². The molecule has 0 saturated carbocycles. The van der Waals surface area contributed by atoms with Gasteiger partial charge in [0.05, 0.1) is 26.9 Å². The van der Waals surface area contributed by atoms with E-state index in [-0.39, 0.29) is 25.0 Å². The number of rotatable bonds is 4. The lowest BCUT2D eigenvalue weighted by Gasteiger charge is -2.32. The van der Waals surface area contributed by atoms with Crippen LogP contribution in [-0.2, 0) is 19.1 Å². The van der Waals surface area contributed by atoms with Crippen molar-refractivity contribution in [2.45, 2.75) is 13.0 Å². The molecule has 0 radical (unpaired) electrons. The van der Waals surface area contributed by atoms with Gasteiger partial charge in [-0.2, -0.15) is 0 Å². The molecule has 1 aliphatic heterocycles. The number of para-hydroxylation sites is 1. The molecule has 1 N–H and O–H groups in total. The van der Waals surface area contributed by atoms with Crippen LogP contribution in [0.15, 0.2) is 24.3 Å². The largest absolute Gasteiger partial charge is 0.468 e. The summed E-state index contributed by atoms with van der Waals surface area (Å²) >= 11 is 0. The van der Waals surface area contributed by atoms with E-state index in [4.69, 9.17) is 9.47 Å². The third-order valence-corrected chi connectivity index (χ3v) is 3.48. The Hall–Kier alpha value is -1.92. The maximum absolute atomic E-state index is 12.1. The van der Waals surface area contributed by atoms with Crippen LogP contribution in [0.4, 0.5) is 5.69 Å². The van der Waals surface area contributed by atoms with Crippen LogP contribution in [0.5, 0.6) is 0 Å². The fourth-order valence-corrected chi connectivity index (χ4v) is 2.27. The zero-order valence-electron chi connectivity index (χ0n) is 12.3. The number of carbonyl (C=O) groups excluding carboxylic acids is 2. The van der Waals surface area contributed by atoms with E-state index in [1.165, 1.54) is 7.11 Å². The highest BCUT2D eigenvalue weighted by Gasteiger charge is 2.31. The Balaban J connectivity index is 1.97. The Kier molecular flexibility index (Phi) is 5.30. The van der Waals surface area contributed by atoms with E-state index in [0.29, 0.717) is 13.2 Å². The number of hydrogen-bond acceptors (Lipinski definition) is 5. The molecule has 1 unspecified atom stereocenters. The van der Waals surface area contributed by atoms with Gasteiger partial charge in [0.1, 0.15) is 6.04 Å². The highest BCUT2D eigenvalue weighted by molar-refractivity contribution is 5.93. The van der Waals surface area contributed by atoms with E-state index < -0.39 is 6.04 Å². The lowest BCUT2D eigenvalue weighted by atomic mass is 10.2. The summed E-state index contributed by atoms with van der Waals surface area (Å²) in [6.07, 6.45) is 0. The predicted octanol–water partition coefficient (Wildman–Crippen LogP) is 0.807. The van der Waals surface area contributed by atoms with Crippen LogP contribution in [-0.4, -0.2) is 56.2 Å². The van der Waals surface area contributed by atoms with Gasteiger partial charge < -0.3 is 14.8 Å². The molecule has 6 heteroatoms. The van der Waals surface area contributed by atoms with Gasteiger partial charge in [-0.25, -0.2) is 0 Å². The minimum atomic E-state index is -0.522. The van der Waals surface area contributed by atoms with Gasteiger partial charge in [-0.3, -0.25) is 14.5 Å². The van der Waals surface area contributed by atoms with Gasteiger partial charge in [0, 0.05) is 12.2 Å². The molecule has 1 amide bonds. The van der Waals surface area contributed by atoms with Crippen LogP contribution in [0.2, 0.25) is 0 Å². The number of anilines is 1. The molecule has 1 saturated heterocycles. The van der Waals surface area contributed by atoms with Crippen molar-refractivity contribution in [3.63, 3.8) is 0 Å². The van der Waals surface area contributed by atoms with Crippen molar-refractivity contribution in [1.29, 1.82) is 0 Å². The Morgan fingerprint density at radius 2 is 2.19 bits per heavy atom. The Morgan fingerprint density at radius 3 is 2.90 bits per heavy atom. The SMILES string of the molecule is COC(=O)C1COCCN1CC(=O)Nc1ccccc1C. The highest BCUT2D eigenvalue weighted by Crippen LogP contribution is 2.14. The van der Waals surface area contributed by atoms with E-state index in [1.54, 1.807) is 4.90 Å². The lowest BCUT2D eigenvalue weighted by Crippen LogP contribution is -2.52. The molecule has 21 heavy (non-hydrogen) atoms. The van der Waals surface area contributed by atoms with E-state index >= 15 is 0 Å². The standard InChI is InChI=1S/C15H20N2O4/c1-11-5-3-4-6-12(11)16-14(18)9-17-7-8-21-10-13(17)15(19)20-2/h3-6,13H,7-10H2,1-2H3,(H,16,18). The quantitative estimate of drug-likeness (QED) is 0.832. The van der Waals surface area contributed by atoms with Gasteiger partial charge in [-0.1, -0.05) is 18.2 Å². The molecule has 1 heterocycles. The number of methoxy groups -OCH3 is 1. The Bertz CT molecular complexity index is 518. The fourth-order valence-electron chi connectivity index (χ4n) is 2.27. The van der Waals surface area contributed by atoms with Gasteiger partial charge in [0.15, 0.2) is 0 Å². The Morgan fingerprint density at radius 1 is 1.43 bits per heavy atom. The number of hydrogen-bond donors (Lipinski definition) is 1. The summed E-state index contributed by atoms with van der Waals surface area (Å²) in [6, 6.07) is 7.05. The predicted molar refractivity (Wildman–Crippen MR) is 78.0 cm³/mol. The zero-order chi connectivity index (χ0) is 15.2. The molecule has 1 atom stereocenters. The van der Waals surface area contributed by atoms with Crippen LogP contribution >= 0.6 is 0 Å². The van der Waals surface area contributed by atoms with Crippen LogP contribution < -0.4 is 5.32 Å². The van der Waals surface area contributed by atoms with Crippen molar-refractivity contribution in [2.24, 2.45) is 0 Å². The van der Waals surface area contributed by atoms with Crippen LogP contribution in [0.3, 0.4) is 0 Å². The average Bonchev–Trinajstić information content (AvgIpc) is 2.49. The third-order valence-electron chi connectivity index (χ3n) is 3.48. The monoisotopic (exact) mass is 292 g/mol. The normalized spacial score (nSPS) is 19.0. The number of carbonyl (C=O) groups is 2. The summed E-state index contributed by atoms with van der Waals surface area (Å²) in [5, 5.41) is 2.86. The maximum atomic E-state index is 12.1. The van der Waals surface area contributed by atoms with Crippen molar-refractivity contribution in [3.8, 4) is 0 Å². The highest BCUT2D eigenvalue weighted by atomic mass is 16.5. The fraction of sp³-hybridized carbons (Fsp3) is 0.467. The third kappa shape index (κ3) is 4.03. The summed E-state index contributed by atoms with van der Waals surface area (Å²) in [5.41, 5.74) is 1.78. The zero-order valence-corrected chi connectivity index (χ0v) is 12.3. The van der Waals surface area contributed by atoms with Gasteiger partial charge in [-0.15, -0.1) is 0 Å². The average molecular weight is 292 g/mol. The molecule has 0 bridgehead atoms. The number of esters is 1.